The van der Waals surface area contributed by atoms with Gasteiger partial charge in [0.2, 0.25) is 0 Å². The molecule has 0 amide bonds. The van der Waals surface area contributed by atoms with Gasteiger partial charge in [-0.15, -0.1) is 0 Å². The quantitative estimate of drug-likeness (QED) is 0.917. The molecule has 0 aliphatic heterocycles. The van der Waals surface area contributed by atoms with Gasteiger partial charge in [-0.1, -0.05) is 29.8 Å². The van der Waals surface area contributed by atoms with Gasteiger partial charge < -0.3 is 9.52 Å². The van der Waals surface area contributed by atoms with E-state index in [9.17, 15) is 13.2 Å². The van der Waals surface area contributed by atoms with Gasteiger partial charge in [0.15, 0.2) is 9.84 Å². The van der Waals surface area contributed by atoms with Crippen LogP contribution in [0.25, 0.3) is 0 Å². The van der Waals surface area contributed by atoms with E-state index in [2.05, 4.69) is 0 Å². The lowest BCUT2D eigenvalue weighted by molar-refractivity contribution is 0.0695. The number of halogens is 1. The fourth-order valence-corrected chi connectivity index (χ4v) is 3.48. The highest BCUT2D eigenvalue weighted by Gasteiger charge is 2.21. The number of aromatic carboxylic acids is 1. The van der Waals surface area contributed by atoms with E-state index in [1.807, 2.05) is 0 Å². The summed E-state index contributed by atoms with van der Waals surface area (Å²) in [6.07, 6.45) is 1.16. The van der Waals surface area contributed by atoms with Gasteiger partial charge in [-0.25, -0.2) is 13.2 Å². The highest BCUT2D eigenvalue weighted by molar-refractivity contribution is 7.89. The van der Waals surface area contributed by atoms with Crippen LogP contribution in [0.1, 0.15) is 21.7 Å². The maximum atomic E-state index is 12.1. The third-order valence-electron chi connectivity index (χ3n) is 2.66. The normalized spacial score (nSPS) is 11.4. The monoisotopic (exact) mass is 314 g/mol. The van der Waals surface area contributed by atoms with Crippen LogP contribution < -0.4 is 0 Å². The van der Waals surface area contributed by atoms with Crippen LogP contribution in [-0.2, 0) is 21.3 Å². The first-order chi connectivity index (χ1) is 9.39. The molecule has 1 aromatic heterocycles. The summed E-state index contributed by atoms with van der Waals surface area (Å²) in [5.74, 6) is -2.05. The number of sulfone groups is 1. The van der Waals surface area contributed by atoms with Gasteiger partial charge in [-0.3, -0.25) is 0 Å². The number of hydrogen-bond donors (Lipinski definition) is 1. The SMILES string of the molecule is O=C(O)c1ccoc1CS(=O)(=O)Cc1ccccc1Cl. The van der Waals surface area contributed by atoms with E-state index in [1.165, 1.54) is 6.07 Å². The molecule has 20 heavy (non-hydrogen) atoms. The number of carboxylic acids is 1. The minimum Gasteiger partial charge on any atom is -0.478 e. The molecule has 7 heteroatoms. The van der Waals surface area contributed by atoms with E-state index in [1.54, 1.807) is 24.3 Å². The Labute approximate surface area is 120 Å². The number of carboxylic acid groups (broad SMARTS) is 1. The second-order valence-electron chi connectivity index (χ2n) is 4.19. The van der Waals surface area contributed by atoms with E-state index >= 15 is 0 Å². The molecule has 0 aliphatic carbocycles. The van der Waals surface area contributed by atoms with E-state index in [0.717, 1.165) is 6.26 Å². The van der Waals surface area contributed by atoms with Crippen LogP contribution in [0.4, 0.5) is 0 Å². The van der Waals surface area contributed by atoms with Crippen molar-refractivity contribution in [3.8, 4) is 0 Å². The van der Waals surface area contributed by atoms with Crippen molar-refractivity contribution in [1.29, 1.82) is 0 Å². The Morgan fingerprint density at radius 1 is 1.20 bits per heavy atom. The van der Waals surface area contributed by atoms with Crippen molar-refractivity contribution in [3.63, 3.8) is 0 Å². The molecule has 0 fully saturated rings. The number of furan rings is 1. The zero-order chi connectivity index (χ0) is 14.8. The third-order valence-corrected chi connectivity index (χ3v) is 4.48. The van der Waals surface area contributed by atoms with Crippen LogP contribution in [0.2, 0.25) is 5.02 Å². The molecular weight excluding hydrogens is 304 g/mol. The number of hydrogen-bond acceptors (Lipinski definition) is 4. The fourth-order valence-electron chi connectivity index (χ4n) is 1.75. The summed E-state index contributed by atoms with van der Waals surface area (Å²) in [5.41, 5.74) is 0.324. The van der Waals surface area contributed by atoms with Crippen LogP contribution in [0.15, 0.2) is 41.0 Å². The summed E-state index contributed by atoms with van der Waals surface area (Å²) in [6, 6.07) is 7.82. The average molecular weight is 315 g/mol. The predicted octanol–water partition coefficient (Wildman–Crippen LogP) is 2.75. The summed E-state index contributed by atoms with van der Waals surface area (Å²) >= 11 is 5.91. The van der Waals surface area contributed by atoms with Gasteiger partial charge in [0.1, 0.15) is 17.1 Å². The van der Waals surface area contributed by atoms with Crippen molar-refractivity contribution < 1.29 is 22.7 Å². The molecular formula is C13H11ClO5S. The second-order valence-corrected chi connectivity index (χ2v) is 6.66. The van der Waals surface area contributed by atoms with Gasteiger partial charge in [0.05, 0.1) is 12.0 Å². The Morgan fingerprint density at radius 2 is 1.90 bits per heavy atom. The van der Waals surface area contributed by atoms with Gasteiger partial charge >= 0.3 is 5.97 Å². The lowest BCUT2D eigenvalue weighted by Crippen LogP contribution is -2.10. The van der Waals surface area contributed by atoms with Crippen molar-refractivity contribution in [3.05, 3.63) is 58.5 Å². The molecule has 1 N–H and O–H groups in total. The second kappa shape index (κ2) is 5.68. The molecule has 1 heterocycles. The smallest absolute Gasteiger partial charge is 0.339 e. The van der Waals surface area contributed by atoms with Gasteiger partial charge in [0.25, 0.3) is 0 Å². The standard InChI is InChI=1S/C13H11ClO5S/c14-11-4-2-1-3-9(11)7-20(17,18)8-12-10(13(15)16)5-6-19-12/h1-6H,7-8H2,(H,15,16). The van der Waals surface area contributed by atoms with Gasteiger partial charge in [0, 0.05) is 5.02 Å². The summed E-state index contributed by atoms with van der Waals surface area (Å²) in [6.45, 7) is 0. The summed E-state index contributed by atoms with van der Waals surface area (Å²) in [7, 11) is -3.58. The molecule has 2 rings (SSSR count). The molecule has 0 aliphatic rings. The Bertz CT molecular complexity index is 733. The maximum absolute atomic E-state index is 12.1. The summed E-state index contributed by atoms with van der Waals surface area (Å²) in [5, 5.41) is 9.26. The van der Waals surface area contributed by atoms with Crippen molar-refractivity contribution >= 4 is 27.4 Å². The molecule has 1 aromatic carbocycles. The molecule has 0 saturated carbocycles. The highest BCUT2D eigenvalue weighted by atomic mass is 35.5. The number of rotatable bonds is 5. The highest BCUT2D eigenvalue weighted by Crippen LogP contribution is 2.21. The number of carbonyl (C=O) groups is 1. The van der Waals surface area contributed by atoms with Crippen molar-refractivity contribution in [1.82, 2.24) is 0 Å². The number of benzene rings is 1. The molecule has 0 atom stereocenters. The third kappa shape index (κ3) is 3.40. The minimum absolute atomic E-state index is 0.0791. The largest absolute Gasteiger partial charge is 0.478 e. The van der Waals surface area contributed by atoms with Gasteiger partial charge in [-0.05, 0) is 17.7 Å². The zero-order valence-electron chi connectivity index (χ0n) is 10.2. The van der Waals surface area contributed by atoms with Crippen LogP contribution in [0, 0.1) is 0 Å². The molecule has 0 radical (unpaired) electrons. The van der Waals surface area contributed by atoms with Crippen LogP contribution in [0.5, 0.6) is 0 Å². The van der Waals surface area contributed by atoms with E-state index < -0.39 is 21.6 Å². The maximum Gasteiger partial charge on any atom is 0.339 e. The lowest BCUT2D eigenvalue weighted by Gasteiger charge is -2.05. The fraction of sp³-hybridized carbons (Fsp3) is 0.154. The van der Waals surface area contributed by atoms with Crippen molar-refractivity contribution in [2.75, 3.05) is 0 Å². The molecule has 5 nitrogen and oxygen atoms in total. The molecule has 0 unspecified atom stereocenters. The van der Waals surface area contributed by atoms with E-state index in [4.69, 9.17) is 21.1 Å². The topological polar surface area (TPSA) is 84.6 Å². The van der Waals surface area contributed by atoms with Crippen LogP contribution in [0.3, 0.4) is 0 Å². The average Bonchev–Trinajstić information content (AvgIpc) is 2.79. The summed E-state index contributed by atoms with van der Waals surface area (Å²) < 4.78 is 29.1. The Kier molecular flexibility index (Phi) is 4.15. The molecule has 106 valence electrons. The van der Waals surface area contributed by atoms with Gasteiger partial charge in [-0.2, -0.15) is 0 Å². The van der Waals surface area contributed by atoms with Crippen molar-refractivity contribution in [2.24, 2.45) is 0 Å². The van der Waals surface area contributed by atoms with Crippen LogP contribution in [-0.4, -0.2) is 19.5 Å². The molecule has 0 spiro atoms. The van der Waals surface area contributed by atoms with E-state index in [-0.39, 0.29) is 17.1 Å². The first kappa shape index (κ1) is 14.6. The van der Waals surface area contributed by atoms with Crippen molar-refractivity contribution in [2.45, 2.75) is 11.5 Å². The lowest BCUT2D eigenvalue weighted by atomic mass is 10.2. The first-order valence-corrected chi connectivity index (χ1v) is 7.82. The van der Waals surface area contributed by atoms with E-state index in [0.29, 0.717) is 10.6 Å². The van der Waals surface area contributed by atoms with Crippen LogP contribution >= 0.6 is 11.6 Å². The molecule has 0 saturated heterocycles. The predicted molar refractivity (Wildman–Crippen MR) is 73.4 cm³/mol. The summed E-state index contributed by atoms with van der Waals surface area (Å²) in [4.78, 5) is 10.9. The minimum atomic E-state index is -3.58. The molecule has 0 bridgehead atoms. The Hall–Kier alpha value is -1.79. The first-order valence-electron chi connectivity index (χ1n) is 5.62. The Morgan fingerprint density at radius 3 is 2.55 bits per heavy atom. The Balaban J connectivity index is 2.22. The molecule has 2 aromatic rings. The zero-order valence-corrected chi connectivity index (χ0v) is 11.8.